The molecule has 0 atom stereocenters. The van der Waals surface area contributed by atoms with Crippen molar-refractivity contribution in [3.63, 3.8) is 0 Å². The van der Waals surface area contributed by atoms with Crippen LogP contribution >= 0.6 is 11.6 Å². The van der Waals surface area contributed by atoms with Gasteiger partial charge >= 0.3 is 0 Å². The third kappa shape index (κ3) is 5.12. The lowest BCUT2D eigenvalue weighted by Crippen LogP contribution is -2.09. The van der Waals surface area contributed by atoms with Crippen molar-refractivity contribution in [1.29, 1.82) is 0 Å². The number of hydrogen-bond acceptors (Lipinski definition) is 4. The average Bonchev–Trinajstić information content (AvgIpc) is 2.36. The molecule has 0 radical (unpaired) electrons. The van der Waals surface area contributed by atoms with E-state index in [1.807, 2.05) is 0 Å². The Balaban J connectivity index is 2.96. The van der Waals surface area contributed by atoms with E-state index in [0.717, 1.165) is 0 Å². The van der Waals surface area contributed by atoms with E-state index in [2.05, 4.69) is 0 Å². The van der Waals surface area contributed by atoms with Gasteiger partial charge in [0.05, 0.1) is 25.7 Å². The second-order valence-corrected chi connectivity index (χ2v) is 6.73. The predicted octanol–water partition coefficient (Wildman–Crippen LogP) is 2.76. The van der Waals surface area contributed by atoms with Gasteiger partial charge in [0.25, 0.3) is 0 Å². The summed E-state index contributed by atoms with van der Waals surface area (Å²) in [7, 11) is -0.229. The van der Waals surface area contributed by atoms with Gasteiger partial charge < -0.3 is 9.47 Å². The fourth-order valence-electron chi connectivity index (χ4n) is 1.51. The summed E-state index contributed by atoms with van der Waals surface area (Å²) >= 11 is 5.64. The van der Waals surface area contributed by atoms with Crippen molar-refractivity contribution in [1.82, 2.24) is 0 Å². The average molecular weight is 305 g/mol. The molecule has 0 saturated carbocycles. The molecule has 0 amide bonds. The first-order valence-electron chi connectivity index (χ1n) is 5.61. The normalized spacial score (nSPS) is 12.3. The molecular weight excluding hydrogens is 288 g/mol. The quantitative estimate of drug-likeness (QED) is 0.811. The molecule has 0 fully saturated rings. The molecule has 0 aliphatic heterocycles. The number of halogens is 1. The highest BCUT2D eigenvalue weighted by Crippen LogP contribution is 2.26. The molecule has 1 aromatic carbocycles. The van der Waals surface area contributed by atoms with Gasteiger partial charge in [0.1, 0.15) is 11.5 Å². The lowest BCUT2D eigenvalue weighted by atomic mass is 10.2. The number of benzene rings is 1. The number of rotatable bonds is 6. The Morgan fingerprint density at radius 2 is 2.00 bits per heavy atom. The molecule has 0 N–H and O–H groups in total. The smallest absolute Gasteiger partial charge is 0.158 e. The second-order valence-electron chi connectivity index (χ2n) is 4.02. The Labute approximate surface area is 118 Å². The summed E-state index contributed by atoms with van der Waals surface area (Å²) in [5.74, 6) is 0.933. The first-order valence-corrected chi connectivity index (χ1v) is 7.81. The van der Waals surface area contributed by atoms with Gasteiger partial charge in [-0.15, -0.1) is 0 Å². The van der Waals surface area contributed by atoms with Crippen LogP contribution in [0.4, 0.5) is 0 Å². The standard InChI is InChI=1S/C13H17ClO4S/c1-10(14)6-7-19(15,16)9-11-4-5-12(17-2)8-13(11)18-3/h4-6,8H,7,9H2,1-3H3/b10-6-. The highest BCUT2D eigenvalue weighted by atomic mass is 35.5. The lowest BCUT2D eigenvalue weighted by molar-refractivity contribution is 0.392. The van der Waals surface area contributed by atoms with Crippen LogP contribution in [0, 0.1) is 0 Å². The van der Waals surface area contributed by atoms with Gasteiger partial charge in [-0.2, -0.15) is 0 Å². The van der Waals surface area contributed by atoms with E-state index in [0.29, 0.717) is 22.1 Å². The van der Waals surface area contributed by atoms with Gasteiger partial charge in [-0.05, 0) is 13.0 Å². The van der Waals surface area contributed by atoms with Gasteiger partial charge in [0, 0.05) is 16.7 Å². The van der Waals surface area contributed by atoms with Crippen LogP contribution in [-0.2, 0) is 15.6 Å². The maximum absolute atomic E-state index is 11.9. The Bertz CT molecular complexity index is 560. The van der Waals surface area contributed by atoms with Crippen LogP contribution in [-0.4, -0.2) is 28.4 Å². The van der Waals surface area contributed by atoms with Crippen LogP contribution in [0.2, 0.25) is 0 Å². The lowest BCUT2D eigenvalue weighted by Gasteiger charge is -2.10. The highest BCUT2D eigenvalue weighted by Gasteiger charge is 2.14. The third-order valence-corrected chi connectivity index (χ3v) is 4.07. The summed E-state index contributed by atoms with van der Waals surface area (Å²) in [6.45, 7) is 1.64. The SMILES string of the molecule is COc1ccc(CS(=O)(=O)C/C=C(/C)Cl)c(OC)c1. The molecule has 0 unspecified atom stereocenters. The van der Waals surface area contributed by atoms with Crippen LogP contribution in [0.15, 0.2) is 29.3 Å². The van der Waals surface area contributed by atoms with E-state index in [1.165, 1.54) is 13.2 Å². The molecule has 0 aromatic heterocycles. The maximum atomic E-state index is 11.9. The Morgan fingerprint density at radius 1 is 1.32 bits per heavy atom. The molecule has 1 aromatic rings. The molecule has 1 rings (SSSR count). The van der Waals surface area contributed by atoms with Crippen molar-refractivity contribution >= 4 is 21.4 Å². The number of sulfone groups is 1. The summed E-state index contributed by atoms with van der Waals surface area (Å²) in [6.07, 6.45) is 1.48. The summed E-state index contributed by atoms with van der Waals surface area (Å²) in [5, 5.41) is 0.463. The molecule has 0 bridgehead atoms. The van der Waals surface area contributed by atoms with E-state index in [4.69, 9.17) is 21.1 Å². The van der Waals surface area contributed by atoms with Crippen molar-refractivity contribution < 1.29 is 17.9 Å². The number of hydrogen-bond donors (Lipinski definition) is 0. The number of methoxy groups -OCH3 is 2. The monoisotopic (exact) mass is 304 g/mol. The molecule has 0 saturated heterocycles. The van der Waals surface area contributed by atoms with E-state index >= 15 is 0 Å². The van der Waals surface area contributed by atoms with E-state index in [9.17, 15) is 8.42 Å². The molecule has 19 heavy (non-hydrogen) atoms. The zero-order valence-electron chi connectivity index (χ0n) is 11.1. The van der Waals surface area contributed by atoms with E-state index in [-0.39, 0.29) is 11.5 Å². The minimum atomic E-state index is -3.26. The van der Waals surface area contributed by atoms with Crippen molar-refractivity contribution in [3.05, 3.63) is 34.9 Å². The molecule has 0 spiro atoms. The fraction of sp³-hybridized carbons (Fsp3) is 0.385. The molecule has 4 nitrogen and oxygen atoms in total. The van der Waals surface area contributed by atoms with Gasteiger partial charge in [-0.1, -0.05) is 23.7 Å². The molecule has 106 valence electrons. The minimum Gasteiger partial charge on any atom is -0.497 e. The van der Waals surface area contributed by atoms with Crippen molar-refractivity contribution in [2.75, 3.05) is 20.0 Å². The zero-order chi connectivity index (χ0) is 14.5. The Kier molecular flexibility index (Phi) is 5.69. The fourth-order valence-corrected chi connectivity index (χ4v) is 3.01. The highest BCUT2D eigenvalue weighted by molar-refractivity contribution is 7.90. The molecule has 0 heterocycles. The van der Waals surface area contributed by atoms with Crippen LogP contribution in [0.1, 0.15) is 12.5 Å². The number of ether oxygens (including phenoxy) is 2. The summed E-state index contributed by atoms with van der Waals surface area (Å²) < 4.78 is 34.1. The van der Waals surface area contributed by atoms with Gasteiger partial charge in [0.15, 0.2) is 9.84 Å². The maximum Gasteiger partial charge on any atom is 0.158 e. The molecule has 6 heteroatoms. The molecule has 0 aliphatic rings. The van der Waals surface area contributed by atoms with Crippen molar-refractivity contribution in [3.8, 4) is 11.5 Å². The van der Waals surface area contributed by atoms with Crippen LogP contribution < -0.4 is 9.47 Å². The summed E-state index contributed by atoms with van der Waals surface area (Å²) in [4.78, 5) is 0. The Hall–Kier alpha value is -1.20. The predicted molar refractivity (Wildman–Crippen MR) is 76.6 cm³/mol. The molecular formula is C13H17ClO4S. The summed E-state index contributed by atoms with van der Waals surface area (Å²) in [6, 6.07) is 5.05. The van der Waals surface area contributed by atoms with Crippen molar-refractivity contribution in [2.24, 2.45) is 0 Å². The van der Waals surface area contributed by atoms with E-state index < -0.39 is 9.84 Å². The zero-order valence-corrected chi connectivity index (χ0v) is 12.7. The third-order valence-electron chi connectivity index (χ3n) is 2.49. The topological polar surface area (TPSA) is 52.6 Å². The van der Waals surface area contributed by atoms with Crippen molar-refractivity contribution in [2.45, 2.75) is 12.7 Å². The van der Waals surface area contributed by atoms with Crippen LogP contribution in [0.25, 0.3) is 0 Å². The van der Waals surface area contributed by atoms with Gasteiger partial charge in [-0.3, -0.25) is 0 Å². The van der Waals surface area contributed by atoms with Gasteiger partial charge in [0.2, 0.25) is 0 Å². The van der Waals surface area contributed by atoms with Gasteiger partial charge in [-0.25, -0.2) is 8.42 Å². The second kappa shape index (κ2) is 6.82. The number of allylic oxidation sites excluding steroid dienone is 1. The van der Waals surface area contributed by atoms with Crippen LogP contribution in [0.3, 0.4) is 0 Å². The largest absolute Gasteiger partial charge is 0.497 e. The molecule has 0 aliphatic carbocycles. The van der Waals surface area contributed by atoms with E-state index in [1.54, 1.807) is 32.2 Å². The Morgan fingerprint density at radius 3 is 2.53 bits per heavy atom. The first-order chi connectivity index (χ1) is 8.88. The first kappa shape index (κ1) is 15.9. The summed E-state index contributed by atoms with van der Waals surface area (Å²) in [5.41, 5.74) is 0.601. The van der Waals surface area contributed by atoms with Crippen LogP contribution in [0.5, 0.6) is 11.5 Å². The minimum absolute atomic E-state index is 0.0858.